The lowest BCUT2D eigenvalue weighted by molar-refractivity contribution is 0.262. The molecule has 0 aliphatic rings. The van der Waals surface area contributed by atoms with Crippen LogP contribution in [0.3, 0.4) is 0 Å². The van der Waals surface area contributed by atoms with E-state index in [-0.39, 0.29) is 11.4 Å². The van der Waals surface area contributed by atoms with Crippen LogP contribution >= 0.6 is 0 Å². The molecular formula is C21H24N4O. The zero-order valence-electron chi connectivity index (χ0n) is 15.6. The molecule has 2 aromatic carbocycles. The van der Waals surface area contributed by atoms with E-state index in [1.165, 1.54) is 0 Å². The quantitative estimate of drug-likeness (QED) is 0.697. The minimum Gasteiger partial charge on any atom is -0.308 e. The first-order valence-electron chi connectivity index (χ1n) is 8.61. The first kappa shape index (κ1) is 17.7. The molecule has 1 heterocycles. The molecule has 134 valence electrons. The van der Waals surface area contributed by atoms with Gasteiger partial charge >= 0.3 is 6.03 Å². The lowest BCUT2D eigenvalue weighted by Crippen LogP contribution is -2.21. The Morgan fingerprint density at radius 1 is 0.923 bits per heavy atom. The predicted octanol–water partition coefficient (Wildman–Crippen LogP) is 5.03. The fourth-order valence-electron chi connectivity index (χ4n) is 2.64. The number of carbonyl (C=O) groups excluding carboxylic acids is 1. The maximum atomic E-state index is 12.4. The summed E-state index contributed by atoms with van der Waals surface area (Å²) in [7, 11) is 1.82. The van der Waals surface area contributed by atoms with E-state index >= 15 is 0 Å². The molecule has 3 aromatic rings. The van der Waals surface area contributed by atoms with Crippen LogP contribution in [0.4, 0.5) is 16.3 Å². The van der Waals surface area contributed by atoms with Gasteiger partial charge in [0.2, 0.25) is 0 Å². The van der Waals surface area contributed by atoms with Crippen molar-refractivity contribution >= 4 is 17.5 Å². The van der Waals surface area contributed by atoms with Gasteiger partial charge in [-0.1, -0.05) is 63.2 Å². The summed E-state index contributed by atoms with van der Waals surface area (Å²) in [6, 6.07) is 19.5. The average Bonchev–Trinajstić information content (AvgIpc) is 2.97. The van der Waals surface area contributed by atoms with Gasteiger partial charge in [-0.25, -0.2) is 4.79 Å². The van der Waals surface area contributed by atoms with Crippen LogP contribution in [-0.2, 0) is 12.5 Å². The Kier molecular flexibility index (Phi) is 4.80. The van der Waals surface area contributed by atoms with E-state index in [1.807, 2.05) is 67.7 Å². The van der Waals surface area contributed by atoms with Gasteiger partial charge in [0.25, 0.3) is 0 Å². The molecule has 0 aliphatic carbocycles. The van der Waals surface area contributed by atoms with Crippen LogP contribution in [0.5, 0.6) is 0 Å². The van der Waals surface area contributed by atoms with Crippen molar-refractivity contribution in [3.63, 3.8) is 0 Å². The average molecular weight is 348 g/mol. The van der Waals surface area contributed by atoms with Crippen LogP contribution in [-0.4, -0.2) is 15.8 Å². The Labute approximate surface area is 154 Å². The second-order valence-corrected chi connectivity index (χ2v) is 7.31. The molecule has 0 aliphatic heterocycles. The second-order valence-electron chi connectivity index (χ2n) is 7.31. The van der Waals surface area contributed by atoms with Gasteiger partial charge in [0.05, 0.1) is 5.69 Å². The van der Waals surface area contributed by atoms with Crippen molar-refractivity contribution in [1.29, 1.82) is 0 Å². The highest BCUT2D eigenvalue weighted by molar-refractivity contribution is 5.99. The molecule has 2 amide bonds. The molecule has 0 spiro atoms. The number of amides is 2. The molecule has 5 nitrogen and oxygen atoms in total. The van der Waals surface area contributed by atoms with Gasteiger partial charge in [-0.3, -0.25) is 10.00 Å². The van der Waals surface area contributed by atoms with E-state index in [2.05, 4.69) is 36.5 Å². The predicted molar refractivity (Wildman–Crippen MR) is 106 cm³/mol. The highest BCUT2D eigenvalue weighted by atomic mass is 16.2. The molecule has 26 heavy (non-hydrogen) atoms. The fourth-order valence-corrected chi connectivity index (χ4v) is 2.64. The van der Waals surface area contributed by atoms with Crippen molar-refractivity contribution in [1.82, 2.24) is 9.78 Å². The molecule has 0 saturated carbocycles. The van der Waals surface area contributed by atoms with E-state index in [1.54, 1.807) is 4.68 Å². The smallest absolute Gasteiger partial charge is 0.308 e. The monoisotopic (exact) mass is 348 g/mol. The van der Waals surface area contributed by atoms with Gasteiger partial charge in [-0.15, -0.1) is 0 Å². The van der Waals surface area contributed by atoms with Gasteiger partial charge in [0.15, 0.2) is 0 Å². The molecular weight excluding hydrogens is 324 g/mol. The van der Waals surface area contributed by atoms with E-state index in [9.17, 15) is 4.79 Å². The molecule has 0 fully saturated rings. The van der Waals surface area contributed by atoms with Gasteiger partial charge in [-0.2, -0.15) is 5.10 Å². The van der Waals surface area contributed by atoms with E-state index in [0.717, 1.165) is 22.5 Å². The molecule has 0 atom stereocenters. The lowest BCUT2D eigenvalue weighted by Gasteiger charge is -2.13. The van der Waals surface area contributed by atoms with Crippen molar-refractivity contribution in [2.24, 2.45) is 7.05 Å². The van der Waals surface area contributed by atoms with Crippen molar-refractivity contribution in [3.8, 4) is 11.1 Å². The normalized spacial score (nSPS) is 11.2. The second kappa shape index (κ2) is 7.04. The summed E-state index contributed by atoms with van der Waals surface area (Å²) in [5.41, 5.74) is 3.76. The third-order valence-corrected chi connectivity index (χ3v) is 4.12. The number of hydrogen-bond donors (Lipinski definition) is 2. The highest BCUT2D eigenvalue weighted by Gasteiger charge is 2.19. The molecule has 1 aromatic heterocycles. The van der Waals surface area contributed by atoms with Crippen molar-refractivity contribution in [3.05, 3.63) is 66.4 Å². The van der Waals surface area contributed by atoms with Gasteiger partial charge in [0.1, 0.15) is 5.82 Å². The Morgan fingerprint density at radius 2 is 1.62 bits per heavy atom. The summed E-state index contributed by atoms with van der Waals surface area (Å²) in [5.74, 6) is 0.659. The van der Waals surface area contributed by atoms with Crippen molar-refractivity contribution in [2.45, 2.75) is 26.2 Å². The van der Waals surface area contributed by atoms with Crippen molar-refractivity contribution in [2.75, 3.05) is 10.6 Å². The van der Waals surface area contributed by atoms with Crippen molar-refractivity contribution < 1.29 is 4.79 Å². The van der Waals surface area contributed by atoms with Crippen LogP contribution in [0.1, 0.15) is 26.5 Å². The Hall–Kier alpha value is -3.08. The molecule has 5 heteroatoms. The first-order valence-corrected chi connectivity index (χ1v) is 8.61. The number of urea groups is 1. The van der Waals surface area contributed by atoms with Gasteiger partial charge in [0, 0.05) is 24.2 Å². The summed E-state index contributed by atoms with van der Waals surface area (Å²) in [5, 5.41) is 10.2. The molecule has 0 radical (unpaired) electrons. The summed E-state index contributed by atoms with van der Waals surface area (Å²) >= 11 is 0. The van der Waals surface area contributed by atoms with Crippen LogP contribution < -0.4 is 10.6 Å². The fraction of sp³-hybridized carbons (Fsp3) is 0.238. The molecule has 3 rings (SSSR count). The highest BCUT2D eigenvalue weighted by Crippen LogP contribution is 2.24. The van der Waals surface area contributed by atoms with Crippen LogP contribution in [0.15, 0.2) is 60.7 Å². The minimum absolute atomic E-state index is 0.0712. The van der Waals surface area contributed by atoms with E-state index < -0.39 is 0 Å². The summed E-state index contributed by atoms with van der Waals surface area (Å²) in [6.45, 7) is 6.27. The van der Waals surface area contributed by atoms with Crippen LogP contribution in [0.25, 0.3) is 11.1 Å². The number of aryl methyl sites for hydroxylation is 1. The Balaban J connectivity index is 1.72. The number of carbonyl (C=O) groups is 1. The first-order chi connectivity index (χ1) is 12.3. The molecule has 0 unspecified atom stereocenters. The zero-order chi connectivity index (χ0) is 18.7. The lowest BCUT2D eigenvalue weighted by atomic mass is 9.92. The van der Waals surface area contributed by atoms with Crippen LogP contribution in [0, 0.1) is 0 Å². The maximum Gasteiger partial charge on any atom is 0.324 e. The van der Waals surface area contributed by atoms with E-state index in [0.29, 0.717) is 5.82 Å². The van der Waals surface area contributed by atoms with Crippen LogP contribution in [0.2, 0.25) is 0 Å². The standard InChI is InChI=1S/C21H24N4O/c1-21(2,3)18-14-19(25(4)24-18)23-20(26)22-17-12-8-11-16(13-17)15-9-6-5-7-10-15/h5-14H,1-4H3,(H2,22,23,26). The molecule has 0 bridgehead atoms. The summed E-state index contributed by atoms with van der Waals surface area (Å²) in [6.07, 6.45) is 0. The number of aromatic nitrogens is 2. The van der Waals surface area contributed by atoms with Gasteiger partial charge in [-0.05, 0) is 23.3 Å². The third kappa shape index (κ3) is 4.11. The summed E-state index contributed by atoms with van der Waals surface area (Å²) < 4.78 is 1.68. The molecule has 2 N–H and O–H groups in total. The van der Waals surface area contributed by atoms with Gasteiger partial charge < -0.3 is 5.32 Å². The number of hydrogen-bond acceptors (Lipinski definition) is 2. The van der Waals surface area contributed by atoms with E-state index in [4.69, 9.17) is 0 Å². The topological polar surface area (TPSA) is 59.0 Å². The zero-order valence-corrected chi connectivity index (χ0v) is 15.6. The third-order valence-electron chi connectivity index (χ3n) is 4.12. The SMILES string of the molecule is Cn1nc(C(C)(C)C)cc1NC(=O)Nc1cccc(-c2ccccc2)c1. The number of anilines is 2. The Morgan fingerprint density at radius 3 is 2.27 bits per heavy atom. The molecule has 0 saturated heterocycles. The largest absolute Gasteiger partial charge is 0.324 e. The minimum atomic E-state index is -0.293. The number of benzene rings is 2. The number of nitrogens with one attached hydrogen (secondary N) is 2. The number of nitrogens with zero attached hydrogens (tertiary/aromatic N) is 2. The number of rotatable bonds is 3. The maximum absolute atomic E-state index is 12.4. The summed E-state index contributed by atoms with van der Waals surface area (Å²) in [4.78, 5) is 12.4. The Bertz CT molecular complexity index is 907.